The Morgan fingerprint density at radius 3 is 2.35 bits per heavy atom. The van der Waals surface area contributed by atoms with Crippen LogP contribution in [0.4, 0.5) is 0 Å². The summed E-state index contributed by atoms with van der Waals surface area (Å²) >= 11 is 0. The normalized spacial score (nSPS) is 10.5. The highest BCUT2D eigenvalue weighted by Crippen LogP contribution is 2.33. The standard InChI is InChI=1S/C15H16O2/c1-11(2)17-15-10-13(16)8-9-14(15)12-6-4-3-5-7-12/h3-11,16H,1-2H3. The Morgan fingerprint density at radius 2 is 1.71 bits per heavy atom. The molecule has 0 saturated carbocycles. The zero-order valence-corrected chi connectivity index (χ0v) is 10.1. The smallest absolute Gasteiger partial charge is 0.131 e. The van der Waals surface area contributed by atoms with E-state index in [-0.39, 0.29) is 11.9 Å². The van der Waals surface area contributed by atoms with E-state index in [1.54, 1.807) is 12.1 Å². The summed E-state index contributed by atoms with van der Waals surface area (Å²) in [5.74, 6) is 0.937. The second-order valence-electron chi connectivity index (χ2n) is 4.21. The first-order valence-electron chi connectivity index (χ1n) is 5.72. The van der Waals surface area contributed by atoms with E-state index >= 15 is 0 Å². The molecule has 0 spiro atoms. The number of ether oxygens (including phenoxy) is 1. The summed E-state index contributed by atoms with van der Waals surface area (Å²) in [6, 6.07) is 15.2. The molecule has 0 atom stereocenters. The van der Waals surface area contributed by atoms with Crippen LogP contribution in [0.1, 0.15) is 13.8 Å². The molecular formula is C15H16O2. The van der Waals surface area contributed by atoms with Crippen LogP contribution in [-0.4, -0.2) is 11.2 Å². The first-order valence-corrected chi connectivity index (χ1v) is 5.72. The largest absolute Gasteiger partial charge is 0.508 e. The average molecular weight is 228 g/mol. The van der Waals surface area contributed by atoms with E-state index in [1.165, 1.54) is 0 Å². The summed E-state index contributed by atoms with van der Waals surface area (Å²) in [5, 5.41) is 9.52. The Bertz CT molecular complexity index is 490. The Kier molecular flexibility index (Phi) is 3.33. The minimum absolute atomic E-state index is 0.0827. The third-order valence-corrected chi connectivity index (χ3v) is 2.41. The third-order valence-electron chi connectivity index (χ3n) is 2.41. The fourth-order valence-electron chi connectivity index (χ4n) is 1.72. The second-order valence-corrected chi connectivity index (χ2v) is 4.21. The molecule has 0 aliphatic rings. The summed E-state index contributed by atoms with van der Waals surface area (Å²) in [7, 11) is 0. The molecule has 0 heterocycles. The van der Waals surface area contributed by atoms with Crippen molar-refractivity contribution in [2.24, 2.45) is 0 Å². The molecule has 0 aliphatic carbocycles. The molecule has 2 heteroatoms. The number of phenols is 1. The molecule has 2 aromatic carbocycles. The van der Waals surface area contributed by atoms with E-state index < -0.39 is 0 Å². The van der Waals surface area contributed by atoms with E-state index in [2.05, 4.69) is 0 Å². The van der Waals surface area contributed by atoms with Gasteiger partial charge in [-0.2, -0.15) is 0 Å². The third kappa shape index (κ3) is 2.78. The van der Waals surface area contributed by atoms with E-state index in [9.17, 15) is 5.11 Å². The lowest BCUT2D eigenvalue weighted by Gasteiger charge is -2.14. The number of phenolic OH excluding ortho intramolecular Hbond substituents is 1. The van der Waals surface area contributed by atoms with Crippen molar-refractivity contribution >= 4 is 0 Å². The van der Waals surface area contributed by atoms with Gasteiger partial charge in [-0.05, 0) is 31.5 Å². The average Bonchev–Trinajstić information content (AvgIpc) is 2.29. The van der Waals surface area contributed by atoms with E-state index in [0.29, 0.717) is 5.75 Å². The van der Waals surface area contributed by atoms with Crippen molar-refractivity contribution in [1.82, 2.24) is 0 Å². The minimum atomic E-state index is 0.0827. The summed E-state index contributed by atoms with van der Waals surface area (Å²) in [4.78, 5) is 0. The van der Waals surface area contributed by atoms with Crippen LogP contribution >= 0.6 is 0 Å². The number of aromatic hydroxyl groups is 1. The maximum atomic E-state index is 9.52. The molecule has 2 rings (SSSR count). The molecule has 0 aliphatic heterocycles. The van der Waals surface area contributed by atoms with Crippen LogP contribution < -0.4 is 4.74 Å². The summed E-state index contributed by atoms with van der Waals surface area (Å²) in [5.41, 5.74) is 2.08. The zero-order valence-electron chi connectivity index (χ0n) is 10.1. The minimum Gasteiger partial charge on any atom is -0.508 e. The van der Waals surface area contributed by atoms with Crippen LogP contribution in [0.3, 0.4) is 0 Å². The summed E-state index contributed by atoms with van der Waals surface area (Å²) in [6.45, 7) is 3.94. The van der Waals surface area contributed by atoms with Gasteiger partial charge in [0.05, 0.1) is 6.10 Å². The van der Waals surface area contributed by atoms with Gasteiger partial charge in [0.2, 0.25) is 0 Å². The molecule has 17 heavy (non-hydrogen) atoms. The van der Waals surface area contributed by atoms with Gasteiger partial charge in [-0.1, -0.05) is 30.3 Å². The van der Waals surface area contributed by atoms with Gasteiger partial charge in [-0.25, -0.2) is 0 Å². The first-order chi connectivity index (χ1) is 8.16. The first kappa shape index (κ1) is 11.5. The number of hydrogen-bond acceptors (Lipinski definition) is 2. The van der Waals surface area contributed by atoms with E-state index in [1.807, 2.05) is 50.2 Å². The highest BCUT2D eigenvalue weighted by atomic mass is 16.5. The Hall–Kier alpha value is -1.96. The van der Waals surface area contributed by atoms with Gasteiger partial charge in [0, 0.05) is 11.6 Å². The highest BCUT2D eigenvalue weighted by Gasteiger charge is 2.08. The molecule has 0 aromatic heterocycles. The zero-order chi connectivity index (χ0) is 12.3. The van der Waals surface area contributed by atoms with Gasteiger partial charge in [-0.15, -0.1) is 0 Å². The van der Waals surface area contributed by atoms with Gasteiger partial charge in [-0.3, -0.25) is 0 Å². The molecule has 0 unspecified atom stereocenters. The van der Waals surface area contributed by atoms with Crippen molar-refractivity contribution in [2.75, 3.05) is 0 Å². The number of rotatable bonds is 3. The van der Waals surface area contributed by atoms with Gasteiger partial charge < -0.3 is 9.84 Å². The van der Waals surface area contributed by atoms with Crippen molar-refractivity contribution < 1.29 is 9.84 Å². The maximum absolute atomic E-state index is 9.52. The van der Waals surface area contributed by atoms with Crippen molar-refractivity contribution in [3.63, 3.8) is 0 Å². The van der Waals surface area contributed by atoms with Crippen LogP contribution in [0.25, 0.3) is 11.1 Å². The van der Waals surface area contributed by atoms with Crippen molar-refractivity contribution in [3.8, 4) is 22.6 Å². The van der Waals surface area contributed by atoms with E-state index in [0.717, 1.165) is 11.1 Å². The molecule has 88 valence electrons. The predicted octanol–water partition coefficient (Wildman–Crippen LogP) is 3.85. The fourth-order valence-corrected chi connectivity index (χ4v) is 1.72. The van der Waals surface area contributed by atoms with Crippen LogP contribution in [0.15, 0.2) is 48.5 Å². The van der Waals surface area contributed by atoms with Gasteiger partial charge in [0.25, 0.3) is 0 Å². The van der Waals surface area contributed by atoms with Gasteiger partial charge in [0.15, 0.2) is 0 Å². The Morgan fingerprint density at radius 1 is 1.00 bits per heavy atom. The van der Waals surface area contributed by atoms with Crippen LogP contribution in [0.2, 0.25) is 0 Å². The molecule has 0 fully saturated rings. The molecule has 0 radical (unpaired) electrons. The number of benzene rings is 2. The molecule has 2 nitrogen and oxygen atoms in total. The molecule has 2 aromatic rings. The SMILES string of the molecule is CC(C)Oc1cc(O)ccc1-c1ccccc1. The van der Waals surface area contributed by atoms with Crippen molar-refractivity contribution in [2.45, 2.75) is 20.0 Å². The quantitative estimate of drug-likeness (QED) is 0.864. The topological polar surface area (TPSA) is 29.5 Å². The summed E-state index contributed by atoms with van der Waals surface area (Å²) in [6.07, 6.45) is 0.0827. The molecule has 1 N–H and O–H groups in total. The Labute approximate surface area is 101 Å². The van der Waals surface area contributed by atoms with Crippen LogP contribution in [0, 0.1) is 0 Å². The van der Waals surface area contributed by atoms with Crippen molar-refractivity contribution in [3.05, 3.63) is 48.5 Å². The fraction of sp³-hybridized carbons (Fsp3) is 0.200. The second kappa shape index (κ2) is 4.91. The monoisotopic (exact) mass is 228 g/mol. The number of hydrogen-bond donors (Lipinski definition) is 1. The van der Waals surface area contributed by atoms with E-state index in [4.69, 9.17) is 4.74 Å². The lowest BCUT2D eigenvalue weighted by Crippen LogP contribution is -2.06. The highest BCUT2D eigenvalue weighted by molar-refractivity contribution is 5.71. The predicted molar refractivity (Wildman–Crippen MR) is 69.3 cm³/mol. The molecular weight excluding hydrogens is 212 g/mol. The lowest BCUT2D eigenvalue weighted by atomic mass is 10.0. The van der Waals surface area contributed by atoms with Crippen LogP contribution in [-0.2, 0) is 0 Å². The lowest BCUT2D eigenvalue weighted by molar-refractivity contribution is 0.242. The van der Waals surface area contributed by atoms with Crippen LogP contribution in [0.5, 0.6) is 11.5 Å². The Balaban J connectivity index is 2.46. The summed E-state index contributed by atoms with van der Waals surface area (Å²) < 4.78 is 5.72. The molecule has 0 bridgehead atoms. The van der Waals surface area contributed by atoms with Gasteiger partial charge in [0.1, 0.15) is 11.5 Å². The molecule has 0 amide bonds. The van der Waals surface area contributed by atoms with Crippen molar-refractivity contribution in [1.29, 1.82) is 0 Å². The molecule has 0 saturated heterocycles. The maximum Gasteiger partial charge on any atom is 0.131 e. The van der Waals surface area contributed by atoms with Gasteiger partial charge >= 0.3 is 0 Å².